The van der Waals surface area contributed by atoms with E-state index >= 15 is 0 Å². The molecule has 0 atom stereocenters. The van der Waals surface area contributed by atoms with Crippen molar-refractivity contribution >= 4 is 16.6 Å². The molecule has 4 heteroatoms. The first-order chi connectivity index (χ1) is 9.85. The topological polar surface area (TPSA) is 43.4 Å². The molecular weight excluding hydrogens is 252 g/mol. The zero-order chi connectivity index (χ0) is 13.5. The Balaban J connectivity index is 1.94. The average molecular weight is 270 g/mol. The van der Waals surface area contributed by atoms with Gasteiger partial charge in [-0.15, -0.1) is 0 Å². The van der Waals surface area contributed by atoms with E-state index in [4.69, 9.17) is 14.5 Å². The summed E-state index contributed by atoms with van der Waals surface area (Å²) in [5.74, 6) is 0.870. The van der Waals surface area contributed by atoms with Gasteiger partial charge in [-0.3, -0.25) is 4.98 Å². The van der Waals surface area contributed by atoms with Crippen LogP contribution in [0.5, 0.6) is 5.75 Å². The molecule has 1 aliphatic carbocycles. The lowest BCUT2D eigenvalue weighted by Crippen LogP contribution is -2.16. The molecule has 0 bridgehead atoms. The van der Waals surface area contributed by atoms with Crippen molar-refractivity contribution in [2.75, 3.05) is 19.0 Å². The highest BCUT2D eigenvalue weighted by Gasteiger charge is 2.25. The number of benzene rings is 1. The molecular formula is C16H18N2O2. The fourth-order valence-electron chi connectivity index (χ4n) is 2.76. The lowest BCUT2D eigenvalue weighted by molar-refractivity contribution is 0.110. The van der Waals surface area contributed by atoms with E-state index in [-0.39, 0.29) is 0 Å². The SMILES string of the molecule is COc1ccc2nc3c(c(NC4CC4)c2c1)COCC3. The van der Waals surface area contributed by atoms with Gasteiger partial charge in [0, 0.05) is 23.4 Å². The van der Waals surface area contributed by atoms with Gasteiger partial charge >= 0.3 is 0 Å². The number of anilines is 1. The summed E-state index contributed by atoms with van der Waals surface area (Å²) in [5.41, 5.74) is 4.64. The first-order valence-electron chi connectivity index (χ1n) is 7.19. The first-order valence-corrected chi connectivity index (χ1v) is 7.19. The van der Waals surface area contributed by atoms with Crippen LogP contribution in [0.1, 0.15) is 24.1 Å². The fraction of sp³-hybridized carbons (Fsp3) is 0.438. The predicted molar refractivity (Wildman–Crippen MR) is 78.3 cm³/mol. The van der Waals surface area contributed by atoms with Crippen LogP contribution >= 0.6 is 0 Å². The number of hydrogen-bond acceptors (Lipinski definition) is 4. The van der Waals surface area contributed by atoms with Gasteiger partial charge < -0.3 is 14.8 Å². The molecule has 4 nitrogen and oxygen atoms in total. The number of fused-ring (bicyclic) bond motifs is 2. The van der Waals surface area contributed by atoms with Crippen molar-refractivity contribution in [2.24, 2.45) is 0 Å². The van der Waals surface area contributed by atoms with Gasteiger partial charge in [0.1, 0.15) is 5.75 Å². The molecule has 2 aliphatic rings. The van der Waals surface area contributed by atoms with Crippen molar-refractivity contribution in [3.8, 4) is 5.75 Å². The summed E-state index contributed by atoms with van der Waals surface area (Å²) in [5, 5.41) is 4.80. The Morgan fingerprint density at radius 3 is 3.05 bits per heavy atom. The van der Waals surface area contributed by atoms with Gasteiger partial charge in [0.2, 0.25) is 0 Å². The third kappa shape index (κ3) is 2.00. The van der Waals surface area contributed by atoms with Crippen LogP contribution in [-0.2, 0) is 17.8 Å². The standard InChI is InChI=1S/C16H18N2O2/c1-19-11-4-5-14-12(8-11)16(17-10-2-3-10)13-9-20-7-6-15(13)18-14/h4-5,8,10H,2-3,6-7,9H2,1H3,(H,17,18). The van der Waals surface area contributed by atoms with Crippen LogP contribution in [-0.4, -0.2) is 24.7 Å². The molecule has 2 aromatic rings. The molecule has 1 aromatic carbocycles. The number of ether oxygens (including phenoxy) is 2. The second-order valence-corrected chi connectivity index (χ2v) is 5.52. The molecule has 0 amide bonds. The fourth-order valence-corrected chi connectivity index (χ4v) is 2.76. The van der Waals surface area contributed by atoms with E-state index in [1.54, 1.807) is 7.11 Å². The number of aromatic nitrogens is 1. The molecule has 4 rings (SSSR count). The summed E-state index contributed by atoms with van der Waals surface area (Å²) < 4.78 is 11.0. The van der Waals surface area contributed by atoms with Crippen LogP contribution in [0.4, 0.5) is 5.69 Å². The first kappa shape index (κ1) is 12.0. The Morgan fingerprint density at radius 1 is 1.35 bits per heavy atom. The maximum absolute atomic E-state index is 5.63. The van der Waals surface area contributed by atoms with Gasteiger partial charge in [0.05, 0.1) is 37.2 Å². The zero-order valence-corrected chi connectivity index (χ0v) is 11.6. The van der Waals surface area contributed by atoms with Crippen molar-refractivity contribution in [3.05, 3.63) is 29.5 Å². The second-order valence-electron chi connectivity index (χ2n) is 5.52. The highest BCUT2D eigenvalue weighted by molar-refractivity contribution is 5.94. The zero-order valence-electron chi connectivity index (χ0n) is 11.6. The highest BCUT2D eigenvalue weighted by Crippen LogP contribution is 2.36. The van der Waals surface area contributed by atoms with Crippen LogP contribution in [0.25, 0.3) is 10.9 Å². The molecule has 1 aliphatic heterocycles. The van der Waals surface area contributed by atoms with Gasteiger partial charge in [-0.05, 0) is 31.0 Å². The minimum Gasteiger partial charge on any atom is -0.497 e. The summed E-state index contributed by atoms with van der Waals surface area (Å²) in [6, 6.07) is 6.70. The summed E-state index contributed by atoms with van der Waals surface area (Å²) in [4.78, 5) is 4.80. The van der Waals surface area contributed by atoms with E-state index in [0.29, 0.717) is 12.6 Å². The molecule has 1 aromatic heterocycles. The van der Waals surface area contributed by atoms with Gasteiger partial charge in [0.15, 0.2) is 0 Å². The maximum Gasteiger partial charge on any atom is 0.119 e. The Morgan fingerprint density at radius 2 is 2.25 bits per heavy atom. The molecule has 2 heterocycles. The van der Waals surface area contributed by atoms with Crippen LogP contribution in [0.2, 0.25) is 0 Å². The Hall–Kier alpha value is -1.81. The lowest BCUT2D eigenvalue weighted by atomic mass is 10.0. The van der Waals surface area contributed by atoms with Crippen LogP contribution < -0.4 is 10.1 Å². The van der Waals surface area contributed by atoms with Crippen molar-refractivity contribution < 1.29 is 9.47 Å². The van der Waals surface area contributed by atoms with E-state index < -0.39 is 0 Å². The van der Waals surface area contributed by atoms with Crippen LogP contribution in [0.3, 0.4) is 0 Å². The van der Waals surface area contributed by atoms with Crippen LogP contribution in [0.15, 0.2) is 18.2 Å². The normalized spacial score (nSPS) is 17.9. The maximum atomic E-state index is 5.63. The molecule has 1 fully saturated rings. The summed E-state index contributed by atoms with van der Waals surface area (Å²) >= 11 is 0. The monoisotopic (exact) mass is 270 g/mol. The lowest BCUT2D eigenvalue weighted by Gasteiger charge is -2.22. The smallest absolute Gasteiger partial charge is 0.119 e. The predicted octanol–water partition coefficient (Wildman–Crippen LogP) is 2.89. The van der Waals surface area contributed by atoms with Crippen molar-refractivity contribution in [3.63, 3.8) is 0 Å². The molecule has 1 saturated carbocycles. The van der Waals surface area contributed by atoms with Gasteiger partial charge in [-0.1, -0.05) is 0 Å². The van der Waals surface area contributed by atoms with Gasteiger partial charge in [0.25, 0.3) is 0 Å². The van der Waals surface area contributed by atoms with Crippen LogP contribution in [0, 0.1) is 0 Å². The summed E-state index contributed by atoms with van der Waals surface area (Å²) in [7, 11) is 1.70. The van der Waals surface area contributed by atoms with E-state index in [1.165, 1.54) is 29.8 Å². The van der Waals surface area contributed by atoms with E-state index in [2.05, 4.69) is 11.4 Å². The number of nitrogens with zero attached hydrogens (tertiary/aromatic N) is 1. The van der Waals surface area contributed by atoms with Gasteiger partial charge in [-0.25, -0.2) is 0 Å². The quantitative estimate of drug-likeness (QED) is 0.931. The second kappa shape index (κ2) is 4.63. The number of nitrogens with one attached hydrogen (secondary N) is 1. The number of hydrogen-bond donors (Lipinski definition) is 1. The average Bonchev–Trinajstić information content (AvgIpc) is 3.30. The molecule has 0 radical (unpaired) electrons. The highest BCUT2D eigenvalue weighted by atomic mass is 16.5. The molecule has 0 spiro atoms. The summed E-state index contributed by atoms with van der Waals surface area (Å²) in [6.45, 7) is 1.43. The van der Waals surface area contributed by atoms with Gasteiger partial charge in [-0.2, -0.15) is 0 Å². The third-order valence-corrected chi connectivity index (χ3v) is 4.03. The Labute approximate surface area is 118 Å². The third-order valence-electron chi connectivity index (χ3n) is 4.03. The molecule has 0 saturated heterocycles. The largest absolute Gasteiger partial charge is 0.497 e. The Bertz CT molecular complexity index is 665. The number of rotatable bonds is 3. The van der Waals surface area contributed by atoms with E-state index in [0.717, 1.165) is 29.7 Å². The van der Waals surface area contributed by atoms with Crippen molar-refractivity contribution in [1.82, 2.24) is 4.98 Å². The van der Waals surface area contributed by atoms with Crippen molar-refractivity contribution in [2.45, 2.75) is 31.9 Å². The summed E-state index contributed by atoms with van der Waals surface area (Å²) in [6.07, 6.45) is 3.41. The number of methoxy groups -OCH3 is 1. The molecule has 0 unspecified atom stereocenters. The minimum absolute atomic E-state index is 0.609. The minimum atomic E-state index is 0.609. The van der Waals surface area contributed by atoms with Crippen molar-refractivity contribution in [1.29, 1.82) is 0 Å². The molecule has 20 heavy (non-hydrogen) atoms. The molecule has 104 valence electrons. The molecule has 1 N–H and O–H groups in total. The van der Waals surface area contributed by atoms with E-state index in [1.807, 2.05) is 12.1 Å². The number of pyridine rings is 1. The van der Waals surface area contributed by atoms with E-state index in [9.17, 15) is 0 Å². The Kier molecular flexibility index (Phi) is 2.77.